The van der Waals surface area contributed by atoms with Gasteiger partial charge >= 0.3 is 0 Å². The molecule has 66 heavy (non-hydrogen) atoms. The van der Waals surface area contributed by atoms with Crippen molar-refractivity contribution in [1.82, 2.24) is 0 Å². The molecule has 4 rings (SSSR count). The average Bonchev–Trinajstić information content (AvgIpc) is 3.34. The predicted molar refractivity (Wildman–Crippen MR) is 288 cm³/mol. The molecule has 0 saturated carbocycles. The van der Waals surface area contributed by atoms with Gasteiger partial charge < -0.3 is 18.9 Å². The first-order chi connectivity index (χ1) is 32.6. The third-order valence-corrected chi connectivity index (χ3v) is 12.3. The Balaban J connectivity index is 1.51. The van der Waals surface area contributed by atoms with E-state index in [1.165, 1.54) is 128 Å². The highest BCUT2D eigenvalue weighted by Crippen LogP contribution is 2.33. The minimum absolute atomic E-state index is 0.702. The van der Waals surface area contributed by atoms with Crippen LogP contribution in [0.3, 0.4) is 0 Å². The van der Waals surface area contributed by atoms with Crippen molar-refractivity contribution in [3.63, 3.8) is 0 Å². The van der Waals surface area contributed by atoms with Crippen LogP contribution in [0.5, 0.6) is 23.0 Å². The van der Waals surface area contributed by atoms with Crippen LogP contribution in [0.2, 0.25) is 0 Å². The van der Waals surface area contributed by atoms with Gasteiger partial charge in [0.05, 0.1) is 26.4 Å². The maximum atomic E-state index is 6.60. The Bertz CT molecular complexity index is 1910. The van der Waals surface area contributed by atoms with Gasteiger partial charge in [-0.05, 0) is 72.7 Å². The van der Waals surface area contributed by atoms with E-state index in [9.17, 15) is 0 Å². The number of hydrogen-bond donors (Lipinski definition) is 0. The minimum Gasteiger partial charge on any atom is -0.494 e. The van der Waals surface area contributed by atoms with E-state index in [2.05, 4.69) is 149 Å². The first kappa shape index (κ1) is 53.9. The van der Waals surface area contributed by atoms with Crippen molar-refractivity contribution < 1.29 is 18.9 Å². The molecule has 4 aromatic carbocycles. The largest absolute Gasteiger partial charge is 0.494 e. The third-order valence-electron chi connectivity index (χ3n) is 12.3. The summed E-state index contributed by atoms with van der Waals surface area (Å²) in [6, 6.07) is 29.9. The van der Waals surface area contributed by atoms with E-state index in [1.54, 1.807) is 0 Å². The van der Waals surface area contributed by atoms with Gasteiger partial charge in [0.15, 0.2) is 0 Å². The molecule has 0 aliphatic heterocycles. The zero-order valence-corrected chi connectivity index (χ0v) is 42.0. The topological polar surface area (TPSA) is 36.9 Å². The first-order valence-electron chi connectivity index (χ1n) is 26.7. The van der Waals surface area contributed by atoms with Crippen LogP contribution in [0.15, 0.2) is 84.9 Å². The summed E-state index contributed by atoms with van der Waals surface area (Å²) < 4.78 is 25.8. The Morgan fingerprint density at radius 3 is 1.03 bits per heavy atom. The van der Waals surface area contributed by atoms with Gasteiger partial charge in [-0.2, -0.15) is 0 Å². The Morgan fingerprint density at radius 1 is 0.288 bits per heavy atom. The summed E-state index contributed by atoms with van der Waals surface area (Å²) >= 11 is 0. The normalized spacial score (nSPS) is 11.6. The molecule has 0 atom stereocenters. The number of unbranched alkanes of at least 4 members (excludes halogenated alkanes) is 20. The van der Waals surface area contributed by atoms with Crippen molar-refractivity contribution in [3.8, 4) is 23.0 Å². The molecule has 0 N–H and O–H groups in total. The smallest absolute Gasteiger partial charge is 0.127 e. The van der Waals surface area contributed by atoms with Gasteiger partial charge in [0.2, 0.25) is 0 Å². The lowest BCUT2D eigenvalue weighted by molar-refractivity contribution is 0.295. The molecule has 4 nitrogen and oxygen atoms in total. The fourth-order valence-corrected chi connectivity index (χ4v) is 8.09. The molecule has 4 aromatic rings. The first-order valence-corrected chi connectivity index (χ1v) is 26.7. The fraction of sp³-hybridized carbons (Fsp3) is 0.516. The summed E-state index contributed by atoms with van der Waals surface area (Å²) in [6.07, 6.45) is 42.8. The van der Waals surface area contributed by atoms with Crippen LogP contribution >= 0.6 is 0 Å². The molecule has 360 valence electrons. The summed E-state index contributed by atoms with van der Waals surface area (Å²) in [4.78, 5) is 0. The molecule has 0 radical (unpaired) electrons. The highest BCUT2D eigenvalue weighted by Gasteiger charge is 2.11. The van der Waals surface area contributed by atoms with Crippen molar-refractivity contribution >= 4 is 36.5 Å². The Labute approximate surface area is 403 Å². The number of ether oxygens (including phenoxy) is 4. The molecule has 0 amide bonds. The molecule has 0 bridgehead atoms. The third kappa shape index (κ3) is 23.2. The number of hydrogen-bond acceptors (Lipinski definition) is 4. The van der Waals surface area contributed by atoms with Crippen LogP contribution in [0.4, 0.5) is 0 Å². The van der Waals surface area contributed by atoms with Gasteiger partial charge in [-0.25, -0.2) is 0 Å². The highest BCUT2D eigenvalue weighted by molar-refractivity contribution is 5.79. The molecular weight excluding hydrogens is 809 g/mol. The monoisotopic (exact) mass is 897 g/mol. The quantitative estimate of drug-likeness (QED) is 0.0332. The molecule has 0 aliphatic carbocycles. The van der Waals surface area contributed by atoms with Gasteiger partial charge in [0.1, 0.15) is 23.0 Å². The summed E-state index contributed by atoms with van der Waals surface area (Å²) in [5.41, 5.74) is 6.55. The second-order valence-electron chi connectivity index (χ2n) is 18.2. The lowest BCUT2D eigenvalue weighted by Crippen LogP contribution is -2.03. The molecule has 0 aliphatic rings. The van der Waals surface area contributed by atoms with Crippen LogP contribution in [0.1, 0.15) is 215 Å². The van der Waals surface area contributed by atoms with Gasteiger partial charge in [-0.3, -0.25) is 0 Å². The Kier molecular flexibility index (Phi) is 29.0. The highest BCUT2D eigenvalue weighted by atomic mass is 16.5. The van der Waals surface area contributed by atoms with Crippen molar-refractivity contribution in [1.29, 1.82) is 0 Å². The summed E-state index contributed by atoms with van der Waals surface area (Å²) in [7, 11) is 0. The van der Waals surface area contributed by atoms with Crippen molar-refractivity contribution in [3.05, 3.63) is 118 Å². The zero-order valence-electron chi connectivity index (χ0n) is 42.0. The lowest BCUT2D eigenvalue weighted by Gasteiger charge is -2.15. The SMILES string of the molecule is CCCCCCCCOc1ccc(OCCCCCCCC)c(/C=C\c2ccc(/C=C\c3cc(OCCCCCCCC)c(/C=C\c4ccccc4)cc3OCCCCCCCC)cc2)c1. The molecule has 0 saturated heterocycles. The maximum absolute atomic E-state index is 6.60. The van der Waals surface area contributed by atoms with Crippen LogP contribution in [0.25, 0.3) is 36.5 Å². The van der Waals surface area contributed by atoms with E-state index in [1.807, 2.05) is 0 Å². The Morgan fingerprint density at radius 2 is 0.621 bits per heavy atom. The maximum Gasteiger partial charge on any atom is 0.127 e. The van der Waals surface area contributed by atoms with Gasteiger partial charge in [0.25, 0.3) is 0 Å². The van der Waals surface area contributed by atoms with E-state index in [0.29, 0.717) is 13.2 Å². The zero-order chi connectivity index (χ0) is 46.5. The van der Waals surface area contributed by atoms with Gasteiger partial charge in [0, 0.05) is 16.7 Å². The van der Waals surface area contributed by atoms with E-state index in [4.69, 9.17) is 18.9 Å². The van der Waals surface area contributed by atoms with E-state index in [-0.39, 0.29) is 0 Å². The van der Waals surface area contributed by atoms with Crippen molar-refractivity contribution in [2.45, 2.75) is 182 Å². The number of rotatable bonds is 38. The molecule has 0 aromatic heterocycles. The van der Waals surface area contributed by atoms with E-state index < -0.39 is 0 Å². The molecule has 0 spiro atoms. The van der Waals surface area contributed by atoms with E-state index >= 15 is 0 Å². The van der Waals surface area contributed by atoms with Crippen LogP contribution < -0.4 is 18.9 Å². The minimum atomic E-state index is 0.702. The fourth-order valence-electron chi connectivity index (χ4n) is 8.09. The number of benzene rings is 4. The van der Waals surface area contributed by atoms with Crippen LogP contribution in [-0.4, -0.2) is 26.4 Å². The van der Waals surface area contributed by atoms with Crippen molar-refractivity contribution in [2.75, 3.05) is 26.4 Å². The molecule has 0 fully saturated rings. The molecule has 0 unspecified atom stereocenters. The molecule has 4 heteroatoms. The second-order valence-corrected chi connectivity index (χ2v) is 18.2. The molecular formula is C62H88O4. The standard InChI is InChI=1S/C62H88O4/c1-5-9-13-17-21-28-46-63-59-44-45-60(64-47-29-22-18-14-10-6-2)56(50-59)41-39-54-34-36-55(37-35-54)40-43-58-52-61(65-48-30-23-19-15-11-7-3)57(42-38-53-32-26-25-27-33-53)51-62(58)66-49-31-24-20-16-12-8-4/h25-27,32-45,50-52H,5-24,28-31,46-49H2,1-4H3/b41-39-,42-38-,43-40-. The Hall–Kier alpha value is -4.70. The van der Waals surface area contributed by atoms with E-state index in [0.717, 1.165) is 95.3 Å². The summed E-state index contributed by atoms with van der Waals surface area (Å²) in [5, 5.41) is 0. The average molecular weight is 897 g/mol. The lowest BCUT2D eigenvalue weighted by atomic mass is 10.0. The second kappa shape index (κ2) is 35.5. The van der Waals surface area contributed by atoms with Crippen LogP contribution in [-0.2, 0) is 0 Å². The van der Waals surface area contributed by atoms with Crippen LogP contribution in [0, 0.1) is 0 Å². The predicted octanol–water partition coefficient (Wildman–Crippen LogP) is 19.2. The van der Waals surface area contributed by atoms with Gasteiger partial charge in [-0.1, -0.05) is 247 Å². The van der Waals surface area contributed by atoms with Crippen molar-refractivity contribution in [2.24, 2.45) is 0 Å². The molecule has 0 heterocycles. The summed E-state index contributed by atoms with van der Waals surface area (Å²) in [5.74, 6) is 3.61. The van der Waals surface area contributed by atoms with Gasteiger partial charge in [-0.15, -0.1) is 0 Å². The summed E-state index contributed by atoms with van der Waals surface area (Å²) in [6.45, 7) is 12.0.